The van der Waals surface area contributed by atoms with E-state index < -0.39 is 0 Å². The van der Waals surface area contributed by atoms with Crippen LogP contribution >= 0.6 is 11.8 Å². The Bertz CT molecular complexity index is 145. The zero-order valence-corrected chi connectivity index (χ0v) is 9.29. The van der Waals surface area contributed by atoms with Gasteiger partial charge in [-0.2, -0.15) is 11.8 Å². The first kappa shape index (κ1) is 11.8. The van der Waals surface area contributed by atoms with Gasteiger partial charge in [0.05, 0.1) is 0 Å². The maximum absolute atomic E-state index is 2.33. The molecule has 0 aromatic heterocycles. The number of hydrogen-bond acceptors (Lipinski definition) is 1. The lowest BCUT2D eigenvalue weighted by Crippen LogP contribution is -1.81. The van der Waals surface area contributed by atoms with Crippen LogP contribution in [-0.2, 0) is 0 Å². The van der Waals surface area contributed by atoms with Crippen molar-refractivity contribution >= 4 is 11.8 Å². The van der Waals surface area contributed by atoms with Crippen LogP contribution in [0.15, 0.2) is 23.8 Å². The summed E-state index contributed by atoms with van der Waals surface area (Å²) < 4.78 is 0. The van der Waals surface area contributed by atoms with Crippen molar-refractivity contribution in [2.24, 2.45) is 0 Å². The van der Waals surface area contributed by atoms with E-state index in [1.54, 1.807) is 0 Å². The van der Waals surface area contributed by atoms with E-state index in [1.165, 1.54) is 24.8 Å². The highest BCUT2D eigenvalue weighted by Crippen LogP contribution is 2.10. The minimum Gasteiger partial charge on any atom is -0.161 e. The molecule has 12 heavy (non-hydrogen) atoms. The number of allylic oxidation sites excluding steroid dienone is 3. The van der Waals surface area contributed by atoms with E-state index in [4.69, 9.17) is 0 Å². The predicted octanol–water partition coefficient (Wildman–Crippen LogP) is 4.04. The van der Waals surface area contributed by atoms with Gasteiger partial charge in [0.2, 0.25) is 0 Å². The zero-order valence-electron chi connectivity index (χ0n) is 8.47. The molecule has 0 heterocycles. The van der Waals surface area contributed by atoms with Gasteiger partial charge in [0.25, 0.3) is 0 Å². The Morgan fingerprint density at radius 1 is 1.42 bits per heavy atom. The van der Waals surface area contributed by atoms with E-state index in [2.05, 4.69) is 38.3 Å². The van der Waals surface area contributed by atoms with Crippen molar-refractivity contribution in [1.29, 1.82) is 0 Å². The van der Waals surface area contributed by atoms with Gasteiger partial charge < -0.3 is 0 Å². The zero-order chi connectivity index (χ0) is 9.23. The number of thioether (sulfide) groups is 1. The average Bonchev–Trinajstić information content (AvgIpc) is 2.10. The fourth-order valence-electron chi connectivity index (χ4n) is 1.04. The van der Waals surface area contributed by atoms with Crippen LogP contribution in [0.1, 0.15) is 33.1 Å². The van der Waals surface area contributed by atoms with Crippen molar-refractivity contribution in [1.82, 2.24) is 0 Å². The summed E-state index contributed by atoms with van der Waals surface area (Å²) in [5.41, 5.74) is 1.49. The van der Waals surface area contributed by atoms with Gasteiger partial charge in [0.15, 0.2) is 0 Å². The average molecular weight is 184 g/mol. The third kappa shape index (κ3) is 6.53. The van der Waals surface area contributed by atoms with E-state index in [0.29, 0.717) is 0 Å². The van der Waals surface area contributed by atoms with Crippen molar-refractivity contribution in [2.45, 2.75) is 33.1 Å². The summed E-state index contributed by atoms with van der Waals surface area (Å²) in [6.45, 7) is 4.32. The third-order valence-electron chi connectivity index (χ3n) is 1.71. The van der Waals surface area contributed by atoms with Crippen LogP contribution in [0.4, 0.5) is 0 Å². The van der Waals surface area contributed by atoms with E-state index >= 15 is 0 Å². The molecule has 0 saturated carbocycles. The smallest absolute Gasteiger partial charge is 0.0116 e. The molecule has 0 aliphatic heterocycles. The molecule has 0 rings (SSSR count). The third-order valence-corrected chi connectivity index (χ3v) is 2.21. The van der Waals surface area contributed by atoms with Gasteiger partial charge in [-0.15, -0.1) is 0 Å². The van der Waals surface area contributed by atoms with Gasteiger partial charge in [-0.3, -0.25) is 0 Å². The molecular formula is C11H20S. The summed E-state index contributed by atoms with van der Waals surface area (Å²) >= 11 is 1.88. The second-order valence-corrected chi connectivity index (χ2v) is 3.75. The molecule has 0 nitrogen and oxygen atoms in total. The maximum Gasteiger partial charge on any atom is 0.0116 e. The second kappa shape index (κ2) is 8.92. The minimum atomic E-state index is 1.14. The number of hydrogen-bond donors (Lipinski definition) is 0. The van der Waals surface area contributed by atoms with E-state index in [9.17, 15) is 0 Å². The first-order chi connectivity index (χ1) is 5.85. The van der Waals surface area contributed by atoms with Crippen LogP contribution in [-0.4, -0.2) is 12.0 Å². The topological polar surface area (TPSA) is 0 Å². The molecule has 0 aliphatic rings. The van der Waals surface area contributed by atoms with E-state index in [0.717, 1.165) is 5.75 Å². The van der Waals surface area contributed by atoms with Crippen molar-refractivity contribution < 1.29 is 0 Å². The molecule has 0 aromatic carbocycles. The lowest BCUT2D eigenvalue weighted by molar-refractivity contribution is 0.797. The van der Waals surface area contributed by atoms with Gasteiger partial charge in [0.1, 0.15) is 0 Å². The first-order valence-corrected chi connectivity index (χ1v) is 6.05. The van der Waals surface area contributed by atoms with Crippen LogP contribution in [0, 0.1) is 0 Å². The molecule has 0 aliphatic carbocycles. The highest BCUT2D eigenvalue weighted by molar-refractivity contribution is 7.98. The minimum absolute atomic E-state index is 1.14. The SMILES string of the molecule is CC=CC(=CCSC)CCCC. The lowest BCUT2D eigenvalue weighted by atomic mass is 10.1. The molecule has 1 heteroatoms. The van der Waals surface area contributed by atoms with Gasteiger partial charge in [-0.1, -0.05) is 37.1 Å². The fraction of sp³-hybridized carbons (Fsp3) is 0.636. The second-order valence-electron chi connectivity index (χ2n) is 2.84. The summed E-state index contributed by atoms with van der Waals surface area (Å²) in [7, 11) is 0. The molecule has 0 bridgehead atoms. The Labute approximate surface area is 81.1 Å². The Balaban J connectivity index is 3.84. The van der Waals surface area contributed by atoms with Crippen LogP contribution in [0.2, 0.25) is 0 Å². The molecule has 0 radical (unpaired) electrons. The molecule has 0 fully saturated rings. The Morgan fingerprint density at radius 3 is 2.67 bits per heavy atom. The summed E-state index contributed by atoms with van der Waals surface area (Å²) in [6, 6.07) is 0. The Kier molecular flexibility index (Phi) is 8.80. The fourth-order valence-corrected chi connectivity index (χ4v) is 1.42. The maximum atomic E-state index is 2.33. The standard InChI is InChI=1S/C11H20S/c1-4-6-8-11(7-5-2)9-10-12-3/h5,7,9H,4,6,8,10H2,1-3H3. The Hall–Kier alpha value is -0.170. The molecule has 0 amide bonds. The van der Waals surface area contributed by atoms with Crippen molar-refractivity contribution in [2.75, 3.05) is 12.0 Å². The van der Waals surface area contributed by atoms with Crippen molar-refractivity contribution in [3.8, 4) is 0 Å². The van der Waals surface area contributed by atoms with E-state index in [-0.39, 0.29) is 0 Å². The number of unbranched alkanes of at least 4 members (excludes halogenated alkanes) is 1. The number of rotatable bonds is 6. The first-order valence-electron chi connectivity index (χ1n) is 4.65. The van der Waals surface area contributed by atoms with Gasteiger partial charge >= 0.3 is 0 Å². The van der Waals surface area contributed by atoms with Crippen molar-refractivity contribution in [3.63, 3.8) is 0 Å². The van der Waals surface area contributed by atoms with Gasteiger partial charge in [-0.25, -0.2) is 0 Å². The highest BCUT2D eigenvalue weighted by atomic mass is 32.2. The molecule has 0 spiro atoms. The van der Waals surface area contributed by atoms with Gasteiger partial charge in [0, 0.05) is 5.75 Å². The predicted molar refractivity (Wildman–Crippen MR) is 60.8 cm³/mol. The lowest BCUT2D eigenvalue weighted by Gasteiger charge is -1.99. The summed E-state index contributed by atoms with van der Waals surface area (Å²) in [5, 5.41) is 0. The van der Waals surface area contributed by atoms with Crippen LogP contribution < -0.4 is 0 Å². The molecule has 0 saturated heterocycles. The van der Waals surface area contributed by atoms with Crippen molar-refractivity contribution in [3.05, 3.63) is 23.8 Å². The van der Waals surface area contributed by atoms with E-state index in [1.807, 2.05) is 11.8 Å². The molecule has 70 valence electrons. The van der Waals surface area contributed by atoms with Gasteiger partial charge in [-0.05, 0) is 26.0 Å². The molecule has 0 aromatic rings. The monoisotopic (exact) mass is 184 g/mol. The molecule has 0 atom stereocenters. The normalized spacial score (nSPS) is 12.8. The summed E-state index contributed by atoms with van der Waals surface area (Å²) in [4.78, 5) is 0. The molecule has 0 N–H and O–H groups in total. The van der Waals surface area contributed by atoms with Crippen LogP contribution in [0.25, 0.3) is 0 Å². The van der Waals surface area contributed by atoms with Crippen LogP contribution in [0.5, 0.6) is 0 Å². The van der Waals surface area contributed by atoms with Crippen LogP contribution in [0.3, 0.4) is 0 Å². The highest BCUT2D eigenvalue weighted by Gasteiger charge is 1.90. The molecule has 0 unspecified atom stereocenters. The summed E-state index contributed by atoms with van der Waals surface area (Å²) in [6.07, 6.45) is 12.7. The quantitative estimate of drug-likeness (QED) is 0.561. The summed E-state index contributed by atoms with van der Waals surface area (Å²) in [5.74, 6) is 1.14. The largest absolute Gasteiger partial charge is 0.161 e. The molecular weight excluding hydrogens is 164 g/mol. The Morgan fingerprint density at radius 2 is 2.17 bits per heavy atom.